The molecule has 1 nitrogen and oxygen atoms in total. The van der Waals surface area contributed by atoms with Crippen molar-refractivity contribution in [3.05, 3.63) is 0 Å². The molecule has 64 valence electrons. The lowest BCUT2D eigenvalue weighted by atomic mass is 9.54. The summed E-state index contributed by atoms with van der Waals surface area (Å²) in [6.07, 6.45) is 4.08. The van der Waals surface area contributed by atoms with Gasteiger partial charge in [-0.3, -0.25) is 0 Å². The van der Waals surface area contributed by atoms with Gasteiger partial charge in [0.2, 0.25) is 0 Å². The smallest absolute Gasteiger partial charge is 0.00725 e. The molecule has 1 heteroatoms. The van der Waals surface area contributed by atoms with Crippen molar-refractivity contribution < 1.29 is 0 Å². The molecule has 0 saturated heterocycles. The van der Waals surface area contributed by atoms with Crippen LogP contribution in [0.5, 0.6) is 0 Å². The molecule has 2 N–H and O–H groups in total. The quantitative estimate of drug-likeness (QED) is 0.566. The second kappa shape index (κ2) is 2.48. The third-order valence-electron chi connectivity index (χ3n) is 3.98. The van der Waals surface area contributed by atoms with E-state index in [0.717, 1.165) is 23.7 Å². The maximum absolute atomic E-state index is 6.07. The van der Waals surface area contributed by atoms with Crippen LogP contribution in [0.4, 0.5) is 0 Å². The summed E-state index contributed by atoms with van der Waals surface area (Å²) in [5, 5.41) is 0. The fraction of sp³-hybridized carbons (Fsp3) is 1.00. The van der Waals surface area contributed by atoms with Gasteiger partial charge in [0, 0.05) is 6.04 Å². The number of rotatable bonds is 0. The molecule has 2 rings (SSSR count). The van der Waals surface area contributed by atoms with E-state index >= 15 is 0 Å². The zero-order valence-corrected chi connectivity index (χ0v) is 7.59. The Morgan fingerprint density at radius 2 is 1.82 bits per heavy atom. The molecule has 2 fully saturated rings. The van der Waals surface area contributed by atoms with Crippen LogP contribution in [-0.2, 0) is 0 Å². The summed E-state index contributed by atoms with van der Waals surface area (Å²) in [7, 11) is 0. The van der Waals surface area contributed by atoms with Crippen LogP contribution >= 0.6 is 0 Å². The maximum atomic E-state index is 6.07. The average molecular weight is 153 g/mol. The minimum absolute atomic E-state index is 0.528. The number of hydrogen-bond donors (Lipinski definition) is 1. The molecule has 11 heavy (non-hydrogen) atoms. The number of fused-ring (bicyclic) bond motifs is 1. The Kier molecular flexibility index (Phi) is 1.71. The lowest BCUT2D eigenvalue weighted by Crippen LogP contribution is -2.52. The van der Waals surface area contributed by atoms with Crippen LogP contribution in [0, 0.1) is 23.7 Å². The lowest BCUT2D eigenvalue weighted by molar-refractivity contribution is -0.0145. The molecule has 0 bridgehead atoms. The Balaban J connectivity index is 2.05. The molecule has 0 heterocycles. The first-order valence-corrected chi connectivity index (χ1v) is 4.95. The summed E-state index contributed by atoms with van der Waals surface area (Å²) >= 11 is 0. The van der Waals surface area contributed by atoms with Gasteiger partial charge >= 0.3 is 0 Å². The van der Waals surface area contributed by atoms with E-state index in [1.54, 1.807) is 0 Å². The molecule has 0 aromatic heterocycles. The van der Waals surface area contributed by atoms with Gasteiger partial charge in [-0.15, -0.1) is 0 Å². The highest BCUT2D eigenvalue weighted by Gasteiger charge is 2.46. The number of nitrogens with two attached hydrogens (primary N) is 1. The van der Waals surface area contributed by atoms with E-state index in [2.05, 4.69) is 13.8 Å². The van der Waals surface area contributed by atoms with E-state index < -0.39 is 0 Å². The first-order valence-electron chi connectivity index (χ1n) is 4.95. The second-order valence-corrected chi connectivity index (χ2v) is 4.67. The van der Waals surface area contributed by atoms with Gasteiger partial charge in [0.25, 0.3) is 0 Å². The molecule has 5 atom stereocenters. The van der Waals surface area contributed by atoms with Crippen LogP contribution < -0.4 is 5.73 Å². The van der Waals surface area contributed by atoms with Crippen molar-refractivity contribution in [2.75, 3.05) is 0 Å². The highest BCUT2D eigenvalue weighted by molar-refractivity contribution is 4.98. The topological polar surface area (TPSA) is 26.0 Å². The Morgan fingerprint density at radius 3 is 2.36 bits per heavy atom. The largest absolute Gasteiger partial charge is 0.327 e. The number of hydrogen-bond acceptors (Lipinski definition) is 1. The monoisotopic (exact) mass is 153 g/mol. The first-order chi connectivity index (χ1) is 5.20. The van der Waals surface area contributed by atoms with Gasteiger partial charge in [-0.2, -0.15) is 0 Å². The summed E-state index contributed by atoms with van der Waals surface area (Å²) < 4.78 is 0. The van der Waals surface area contributed by atoms with E-state index in [1.165, 1.54) is 19.3 Å². The summed E-state index contributed by atoms with van der Waals surface area (Å²) in [6, 6.07) is 0.528. The van der Waals surface area contributed by atoms with E-state index in [9.17, 15) is 0 Å². The highest BCUT2D eigenvalue weighted by Crippen LogP contribution is 2.50. The van der Waals surface area contributed by atoms with Crippen LogP contribution in [0.1, 0.15) is 33.1 Å². The summed E-state index contributed by atoms with van der Waals surface area (Å²) in [5.74, 6) is 3.72. The molecular weight excluding hydrogens is 134 g/mol. The van der Waals surface area contributed by atoms with E-state index in [1.807, 2.05) is 0 Å². The fourth-order valence-electron chi connectivity index (χ4n) is 3.18. The maximum Gasteiger partial charge on any atom is 0.00725 e. The summed E-state index contributed by atoms with van der Waals surface area (Å²) in [5.41, 5.74) is 6.07. The Labute approximate surface area is 69.4 Å². The van der Waals surface area contributed by atoms with E-state index in [-0.39, 0.29) is 0 Å². The van der Waals surface area contributed by atoms with Crippen LogP contribution in [0.25, 0.3) is 0 Å². The molecule has 4 unspecified atom stereocenters. The fourth-order valence-corrected chi connectivity index (χ4v) is 3.18. The average Bonchev–Trinajstić information content (AvgIpc) is 1.93. The third-order valence-corrected chi connectivity index (χ3v) is 3.98. The minimum Gasteiger partial charge on any atom is -0.327 e. The molecule has 2 aliphatic rings. The molecule has 2 saturated carbocycles. The van der Waals surface area contributed by atoms with Crippen molar-refractivity contribution in [1.82, 2.24) is 0 Å². The molecule has 0 aromatic carbocycles. The van der Waals surface area contributed by atoms with Gasteiger partial charge in [0.1, 0.15) is 0 Å². The highest BCUT2D eigenvalue weighted by atomic mass is 14.7. The summed E-state index contributed by atoms with van der Waals surface area (Å²) in [6.45, 7) is 4.76. The van der Waals surface area contributed by atoms with Crippen molar-refractivity contribution in [1.29, 1.82) is 0 Å². The molecular formula is C10H19N. The van der Waals surface area contributed by atoms with E-state index in [4.69, 9.17) is 5.73 Å². The van der Waals surface area contributed by atoms with Gasteiger partial charge in [-0.05, 0) is 42.9 Å². The van der Waals surface area contributed by atoms with Gasteiger partial charge in [-0.1, -0.05) is 13.8 Å². The zero-order valence-electron chi connectivity index (χ0n) is 7.59. The van der Waals surface area contributed by atoms with Crippen LogP contribution in [-0.4, -0.2) is 6.04 Å². The van der Waals surface area contributed by atoms with Crippen LogP contribution in [0.15, 0.2) is 0 Å². The molecule has 0 aromatic rings. The zero-order chi connectivity index (χ0) is 8.01. The van der Waals surface area contributed by atoms with Gasteiger partial charge < -0.3 is 5.73 Å². The molecule has 0 amide bonds. The van der Waals surface area contributed by atoms with E-state index in [0.29, 0.717) is 6.04 Å². The van der Waals surface area contributed by atoms with Crippen molar-refractivity contribution >= 4 is 0 Å². The van der Waals surface area contributed by atoms with Crippen LogP contribution in [0.3, 0.4) is 0 Å². The van der Waals surface area contributed by atoms with Gasteiger partial charge in [-0.25, -0.2) is 0 Å². The first kappa shape index (κ1) is 7.60. The minimum atomic E-state index is 0.528. The van der Waals surface area contributed by atoms with Crippen molar-refractivity contribution in [3.63, 3.8) is 0 Å². The van der Waals surface area contributed by atoms with Crippen molar-refractivity contribution in [2.24, 2.45) is 29.4 Å². The predicted molar refractivity (Wildman–Crippen MR) is 47.1 cm³/mol. The Bertz CT molecular complexity index is 155. The molecule has 0 spiro atoms. The standard InChI is InChI=1S/C10H19N/c1-6-3-4-9(11)10-7(2)5-8(6)10/h6-10H,3-5,11H2,1-2H3/t6?,7-,8?,9?,10?/m1/s1. The van der Waals surface area contributed by atoms with Crippen molar-refractivity contribution in [2.45, 2.75) is 39.2 Å². The summed E-state index contributed by atoms with van der Waals surface area (Å²) in [4.78, 5) is 0. The Hall–Kier alpha value is -0.0400. The van der Waals surface area contributed by atoms with Crippen molar-refractivity contribution in [3.8, 4) is 0 Å². The normalized spacial score (nSPS) is 56.5. The molecule has 2 aliphatic carbocycles. The SMILES string of the molecule is CC1CCC(N)C2C1C[C@H]2C. The lowest BCUT2D eigenvalue weighted by Gasteiger charge is -2.53. The third kappa shape index (κ3) is 1.01. The Morgan fingerprint density at radius 1 is 1.09 bits per heavy atom. The second-order valence-electron chi connectivity index (χ2n) is 4.67. The van der Waals surface area contributed by atoms with Gasteiger partial charge in [0.05, 0.1) is 0 Å². The van der Waals surface area contributed by atoms with Crippen LogP contribution in [0.2, 0.25) is 0 Å². The van der Waals surface area contributed by atoms with Gasteiger partial charge in [0.15, 0.2) is 0 Å². The molecule has 0 radical (unpaired) electrons. The molecule has 0 aliphatic heterocycles. The predicted octanol–water partition coefficient (Wildman–Crippen LogP) is 2.02.